The lowest BCUT2D eigenvalue weighted by Crippen LogP contribution is -2.01. The topological polar surface area (TPSA) is 26.5 Å². The molecule has 0 aliphatic heterocycles. The molecule has 4 aromatic carbocycles. The van der Waals surface area contributed by atoms with E-state index in [2.05, 4.69) is 102 Å². The summed E-state index contributed by atoms with van der Waals surface area (Å²) >= 11 is 0. The van der Waals surface area contributed by atoms with Gasteiger partial charge >= 0.3 is 0 Å². The molecule has 3 heteroatoms. The molecule has 35 heavy (non-hydrogen) atoms. The lowest BCUT2D eigenvalue weighted by Gasteiger charge is -2.15. The number of nitrogens with zero attached hydrogens (tertiary/aromatic N) is 2. The molecule has 0 radical (unpaired) electrons. The number of aryl methyl sites for hydroxylation is 1. The first kappa shape index (κ1) is 22.4. The third-order valence-corrected chi connectivity index (χ3v) is 5.94. The Labute approximate surface area is 207 Å². The van der Waals surface area contributed by atoms with Gasteiger partial charge in [0.2, 0.25) is 0 Å². The summed E-state index contributed by atoms with van der Waals surface area (Å²) in [6, 6.07) is 39.8. The Morgan fingerprint density at radius 2 is 1.37 bits per heavy atom. The zero-order chi connectivity index (χ0) is 24.0. The molecule has 0 aliphatic carbocycles. The van der Waals surface area contributed by atoms with Gasteiger partial charge in [0, 0.05) is 17.5 Å². The van der Waals surface area contributed by atoms with Gasteiger partial charge in [0.05, 0.1) is 23.7 Å². The molecule has 3 nitrogen and oxygen atoms in total. The van der Waals surface area contributed by atoms with Crippen LogP contribution in [0.2, 0.25) is 0 Å². The van der Waals surface area contributed by atoms with E-state index in [9.17, 15) is 0 Å². The maximum Gasteiger partial charge on any atom is 0.119 e. The highest BCUT2D eigenvalue weighted by molar-refractivity contribution is 5.94. The molecule has 0 amide bonds. The summed E-state index contributed by atoms with van der Waals surface area (Å²) in [7, 11) is 0. The van der Waals surface area contributed by atoms with Gasteiger partial charge in [-0.1, -0.05) is 78.4 Å². The van der Waals surface area contributed by atoms with Crippen molar-refractivity contribution < 1.29 is 4.74 Å². The van der Waals surface area contributed by atoms with Gasteiger partial charge in [-0.25, -0.2) is 0 Å². The number of hydrogen-bond donors (Lipinski definition) is 0. The van der Waals surface area contributed by atoms with E-state index in [1.807, 2.05) is 37.4 Å². The highest BCUT2D eigenvalue weighted by atomic mass is 16.5. The molecule has 172 valence electrons. The minimum atomic E-state index is 0.646. The summed E-state index contributed by atoms with van der Waals surface area (Å²) in [5.74, 6) is 0.868. The van der Waals surface area contributed by atoms with Gasteiger partial charge in [-0.3, -0.25) is 4.99 Å². The van der Waals surface area contributed by atoms with Crippen LogP contribution in [0.15, 0.2) is 120 Å². The zero-order valence-corrected chi connectivity index (χ0v) is 20.1. The minimum absolute atomic E-state index is 0.646. The summed E-state index contributed by atoms with van der Waals surface area (Å²) in [6.07, 6.45) is 1.98. The molecular weight excluding hydrogens is 428 g/mol. The van der Waals surface area contributed by atoms with Crippen molar-refractivity contribution in [3.05, 3.63) is 126 Å². The van der Waals surface area contributed by atoms with E-state index in [1.54, 1.807) is 0 Å². The van der Waals surface area contributed by atoms with Crippen LogP contribution in [0, 0.1) is 6.92 Å². The fourth-order valence-corrected chi connectivity index (χ4v) is 4.24. The van der Waals surface area contributed by atoms with Gasteiger partial charge in [-0.15, -0.1) is 0 Å². The molecule has 0 atom stereocenters. The average Bonchev–Trinajstić information content (AvgIpc) is 3.29. The van der Waals surface area contributed by atoms with Gasteiger partial charge in [0.1, 0.15) is 5.75 Å². The fourth-order valence-electron chi connectivity index (χ4n) is 4.24. The van der Waals surface area contributed by atoms with Crippen molar-refractivity contribution in [1.29, 1.82) is 0 Å². The second-order valence-electron chi connectivity index (χ2n) is 8.42. The average molecular weight is 457 g/mol. The molecular formula is C32H28N2O. The zero-order valence-electron chi connectivity index (χ0n) is 20.1. The van der Waals surface area contributed by atoms with E-state index in [1.165, 1.54) is 5.56 Å². The minimum Gasteiger partial charge on any atom is -0.494 e. The predicted octanol–water partition coefficient (Wildman–Crippen LogP) is 8.27. The maximum absolute atomic E-state index is 5.70. The third-order valence-electron chi connectivity index (χ3n) is 5.94. The van der Waals surface area contributed by atoms with Crippen LogP contribution in [0.25, 0.3) is 28.2 Å². The molecule has 0 bridgehead atoms. The summed E-state index contributed by atoms with van der Waals surface area (Å²) in [4.78, 5) is 4.83. The van der Waals surface area contributed by atoms with Crippen LogP contribution in [0.1, 0.15) is 18.1 Å². The van der Waals surface area contributed by atoms with Gasteiger partial charge in [-0.05, 0) is 67.4 Å². The summed E-state index contributed by atoms with van der Waals surface area (Å²) in [5.41, 5.74) is 8.78. The summed E-state index contributed by atoms with van der Waals surface area (Å²) < 4.78 is 8.01. The van der Waals surface area contributed by atoms with E-state index in [0.29, 0.717) is 6.61 Å². The van der Waals surface area contributed by atoms with E-state index in [-0.39, 0.29) is 0 Å². The van der Waals surface area contributed by atoms with Crippen LogP contribution in [-0.2, 0) is 0 Å². The van der Waals surface area contributed by atoms with Crippen LogP contribution in [0.5, 0.6) is 5.75 Å². The van der Waals surface area contributed by atoms with Gasteiger partial charge in [0.25, 0.3) is 0 Å². The number of rotatable bonds is 7. The molecule has 1 heterocycles. The van der Waals surface area contributed by atoms with E-state index in [0.717, 1.165) is 45.2 Å². The molecule has 5 rings (SSSR count). The van der Waals surface area contributed by atoms with Crippen molar-refractivity contribution in [2.45, 2.75) is 13.8 Å². The van der Waals surface area contributed by atoms with E-state index in [4.69, 9.17) is 9.73 Å². The van der Waals surface area contributed by atoms with Crippen molar-refractivity contribution in [3.63, 3.8) is 0 Å². The number of aliphatic imine (C=N–C) groups is 1. The van der Waals surface area contributed by atoms with E-state index < -0.39 is 0 Å². The van der Waals surface area contributed by atoms with Crippen LogP contribution in [-0.4, -0.2) is 17.4 Å². The van der Waals surface area contributed by atoms with Gasteiger partial charge in [-0.2, -0.15) is 0 Å². The quantitative estimate of drug-likeness (QED) is 0.226. The van der Waals surface area contributed by atoms with Crippen molar-refractivity contribution >= 4 is 11.9 Å². The smallest absolute Gasteiger partial charge is 0.119 e. The largest absolute Gasteiger partial charge is 0.494 e. The van der Waals surface area contributed by atoms with Crippen LogP contribution in [0.3, 0.4) is 0 Å². The first-order chi connectivity index (χ1) is 17.2. The predicted molar refractivity (Wildman–Crippen MR) is 146 cm³/mol. The number of aromatic nitrogens is 1. The number of ether oxygens (including phenoxy) is 1. The first-order valence-corrected chi connectivity index (χ1v) is 11.9. The molecule has 0 N–H and O–H groups in total. The van der Waals surface area contributed by atoms with Crippen molar-refractivity contribution in [2.75, 3.05) is 6.61 Å². The van der Waals surface area contributed by atoms with Crippen molar-refractivity contribution in [2.24, 2.45) is 4.99 Å². The van der Waals surface area contributed by atoms with Crippen molar-refractivity contribution in [1.82, 2.24) is 4.57 Å². The van der Waals surface area contributed by atoms with E-state index >= 15 is 0 Å². The van der Waals surface area contributed by atoms with Gasteiger partial charge < -0.3 is 9.30 Å². The molecule has 0 fully saturated rings. The molecule has 0 aliphatic rings. The maximum atomic E-state index is 5.70. The normalized spacial score (nSPS) is 11.1. The molecule has 1 aromatic heterocycles. The highest BCUT2D eigenvalue weighted by Gasteiger charge is 2.18. The monoisotopic (exact) mass is 456 g/mol. The van der Waals surface area contributed by atoms with Crippen LogP contribution in [0.4, 0.5) is 5.69 Å². The second kappa shape index (κ2) is 10.3. The highest BCUT2D eigenvalue weighted by Crippen LogP contribution is 2.36. The number of benzene rings is 4. The van der Waals surface area contributed by atoms with Gasteiger partial charge in [0.15, 0.2) is 0 Å². The Morgan fingerprint density at radius 3 is 2.00 bits per heavy atom. The second-order valence-corrected chi connectivity index (χ2v) is 8.42. The Morgan fingerprint density at radius 1 is 0.743 bits per heavy atom. The van der Waals surface area contributed by atoms with Crippen LogP contribution >= 0.6 is 0 Å². The Balaban J connectivity index is 1.73. The SMILES string of the molecule is CCOc1ccc(-n2c(-c3ccccc3)cc(C=Nc3ccc(C)cc3)c2-c2ccccc2)cc1. The number of hydrogen-bond acceptors (Lipinski definition) is 2. The molecule has 0 saturated carbocycles. The Kier molecular flexibility index (Phi) is 6.58. The molecule has 0 spiro atoms. The van der Waals surface area contributed by atoms with Crippen LogP contribution < -0.4 is 4.74 Å². The standard InChI is InChI=1S/C32H28N2O/c1-3-35-30-20-18-29(19-21-30)34-31(25-10-6-4-7-11-25)22-27(32(34)26-12-8-5-9-13-26)23-33-28-16-14-24(2)15-17-28/h4-23H,3H2,1-2H3. The fraction of sp³-hybridized carbons (Fsp3) is 0.0938. The molecule has 5 aromatic rings. The molecule has 0 unspecified atom stereocenters. The third kappa shape index (κ3) is 4.95. The summed E-state index contributed by atoms with van der Waals surface area (Å²) in [5, 5.41) is 0. The Hall–Kier alpha value is -4.37. The van der Waals surface area contributed by atoms with Crippen molar-refractivity contribution in [3.8, 4) is 34.0 Å². The summed E-state index contributed by atoms with van der Waals surface area (Å²) in [6.45, 7) is 4.73. The molecule has 0 saturated heterocycles. The first-order valence-electron chi connectivity index (χ1n) is 11.9. The Bertz CT molecular complexity index is 1420. The lowest BCUT2D eigenvalue weighted by molar-refractivity contribution is 0.340. The lowest BCUT2D eigenvalue weighted by atomic mass is 10.1.